The van der Waals surface area contributed by atoms with Gasteiger partial charge >= 0.3 is 5.69 Å². The summed E-state index contributed by atoms with van der Waals surface area (Å²) in [5.74, 6) is 0.577. The Balaban J connectivity index is 3.13. The smallest absolute Gasteiger partial charge is 0.324 e. The van der Waals surface area contributed by atoms with Gasteiger partial charge in [0.1, 0.15) is 11.5 Å². The number of rotatable bonds is 1. The highest BCUT2D eigenvalue weighted by atomic mass is 16.2. The van der Waals surface area contributed by atoms with Gasteiger partial charge in [-0.05, 0) is 0 Å². The third-order valence-corrected chi connectivity index (χ3v) is 2.74. The molecule has 0 aliphatic heterocycles. The molecular formula is C9H13N5O2. The van der Waals surface area contributed by atoms with Crippen LogP contribution in [-0.4, -0.2) is 18.7 Å². The van der Waals surface area contributed by atoms with Gasteiger partial charge in [0.25, 0.3) is 5.56 Å². The zero-order chi connectivity index (χ0) is 12.0. The van der Waals surface area contributed by atoms with Crippen LogP contribution < -0.4 is 17.0 Å². The van der Waals surface area contributed by atoms with Crippen LogP contribution in [0.2, 0.25) is 0 Å². The molecular weight excluding hydrogens is 210 g/mol. The van der Waals surface area contributed by atoms with Crippen LogP contribution in [0.4, 0.5) is 0 Å². The van der Waals surface area contributed by atoms with Gasteiger partial charge in [-0.15, -0.1) is 0 Å². The Morgan fingerprint density at radius 2 is 1.75 bits per heavy atom. The number of imidazole rings is 1. The lowest BCUT2D eigenvalue weighted by atomic mass is 10.5. The summed E-state index contributed by atoms with van der Waals surface area (Å²) in [6.45, 7) is 0.225. The Labute approximate surface area is 90.7 Å². The van der Waals surface area contributed by atoms with Gasteiger partial charge in [-0.25, -0.2) is 9.78 Å². The van der Waals surface area contributed by atoms with Crippen LogP contribution in [0.1, 0.15) is 5.82 Å². The van der Waals surface area contributed by atoms with Gasteiger partial charge in [0.05, 0.1) is 6.54 Å². The van der Waals surface area contributed by atoms with Gasteiger partial charge in [-0.3, -0.25) is 13.9 Å². The molecule has 0 aromatic carbocycles. The molecule has 0 spiro atoms. The molecule has 0 aliphatic rings. The van der Waals surface area contributed by atoms with Gasteiger partial charge in [0.2, 0.25) is 0 Å². The first kappa shape index (κ1) is 10.6. The number of hydrogen-bond acceptors (Lipinski definition) is 4. The standard InChI is InChI=1S/C9H13N5O2/c1-12-5(4-10)11-6-7(12)13(2)9(16)14(3)8(6)15/h4,10H2,1-3H3. The summed E-state index contributed by atoms with van der Waals surface area (Å²) in [4.78, 5) is 27.7. The molecule has 0 amide bonds. The molecule has 2 rings (SSSR count). The van der Waals surface area contributed by atoms with Gasteiger partial charge < -0.3 is 10.3 Å². The number of nitrogens with zero attached hydrogens (tertiary/aromatic N) is 4. The molecule has 16 heavy (non-hydrogen) atoms. The van der Waals surface area contributed by atoms with E-state index < -0.39 is 5.56 Å². The molecule has 2 heterocycles. The first-order valence-corrected chi connectivity index (χ1v) is 4.80. The molecule has 0 aliphatic carbocycles. The van der Waals surface area contributed by atoms with Gasteiger partial charge in [-0.1, -0.05) is 0 Å². The first-order chi connectivity index (χ1) is 7.49. The Kier molecular flexibility index (Phi) is 2.20. The molecule has 0 fully saturated rings. The number of aryl methyl sites for hydroxylation is 2. The SMILES string of the molecule is Cn1c(=O)c2nc(CN)n(C)c2n(C)c1=O. The second-order valence-electron chi connectivity index (χ2n) is 3.67. The average Bonchev–Trinajstić information content (AvgIpc) is 2.61. The summed E-state index contributed by atoms with van der Waals surface area (Å²) < 4.78 is 4.09. The Morgan fingerprint density at radius 3 is 2.31 bits per heavy atom. The molecule has 2 aromatic heterocycles. The van der Waals surface area contributed by atoms with Gasteiger partial charge in [0.15, 0.2) is 5.52 Å². The fraction of sp³-hybridized carbons (Fsp3) is 0.444. The summed E-state index contributed by atoms with van der Waals surface area (Å²) in [5, 5.41) is 0. The van der Waals surface area contributed by atoms with E-state index in [4.69, 9.17) is 5.73 Å². The zero-order valence-corrected chi connectivity index (χ0v) is 9.39. The minimum Gasteiger partial charge on any atom is -0.324 e. The van der Waals surface area contributed by atoms with Gasteiger partial charge in [-0.2, -0.15) is 0 Å². The van der Waals surface area contributed by atoms with Crippen molar-refractivity contribution in [3.8, 4) is 0 Å². The van der Waals surface area contributed by atoms with E-state index in [-0.39, 0.29) is 17.8 Å². The van der Waals surface area contributed by atoms with Crippen LogP contribution in [0.3, 0.4) is 0 Å². The maximum atomic E-state index is 11.8. The molecule has 7 heteroatoms. The van der Waals surface area contributed by atoms with E-state index in [1.54, 1.807) is 18.7 Å². The third-order valence-electron chi connectivity index (χ3n) is 2.74. The van der Waals surface area contributed by atoms with Crippen LogP contribution >= 0.6 is 0 Å². The minimum atomic E-state index is -0.395. The fourth-order valence-corrected chi connectivity index (χ4v) is 1.81. The second kappa shape index (κ2) is 3.31. The average molecular weight is 223 g/mol. The number of aromatic nitrogens is 4. The molecule has 0 saturated heterocycles. The van der Waals surface area contributed by atoms with E-state index in [1.807, 2.05) is 0 Å². The molecule has 7 nitrogen and oxygen atoms in total. The van der Waals surface area contributed by atoms with Crippen molar-refractivity contribution in [3.05, 3.63) is 26.7 Å². The monoisotopic (exact) mass is 223 g/mol. The lowest BCUT2D eigenvalue weighted by molar-refractivity contribution is 0.693. The fourth-order valence-electron chi connectivity index (χ4n) is 1.81. The number of nitrogens with two attached hydrogens (primary N) is 1. The van der Waals surface area contributed by atoms with E-state index in [0.29, 0.717) is 11.5 Å². The highest BCUT2D eigenvalue weighted by Gasteiger charge is 2.15. The van der Waals surface area contributed by atoms with Crippen molar-refractivity contribution in [1.29, 1.82) is 0 Å². The molecule has 0 radical (unpaired) electrons. The van der Waals surface area contributed by atoms with Gasteiger partial charge in [0, 0.05) is 21.1 Å². The third kappa shape index (κ3) is 1.15. The highest BCUT2D eigenvalue weighted by Crippen LogP contribution is 2.07. The Bertz CT molecular complexity index is 676. The lowest BCUT2D eigenvalue weighted by Gasteiger charge is -2.05. The minimum absolute atomic E-state index is 0.225. The molecule has 2 N–H and O–H groups in total. The summed E-state index contributed by atoms with van der Waals surface area (Å²) >= 11 is 0. The second-order valence-corrected chi connectivity index (χ2v) is 3.67. The van der Waals surface area contributed by atoms with Crippen molar-refractivity contribution in [2.45, 2.75) is 6.54 Å². The van der Waals surface area contributed by atoms with E-state index >= 15 is 0 Å². The molecule has 0 bridgehead atoms. The van der Waals surface area contributed by atoms with Crippen LogP contribution in [0, 0.1) is 0 Å². The predicted molar refractivity (Wildman–Crippen MR) is 59.1 cm³/mol. The largest absolute Gasteiger partial charge is 0.332 e. The Hall–Kier alpha value is -1.89. The highest BCUT2D eigenvalue weighted by molar-refractivity contribution is 5.70. The maximum Gasteiger partial charge on any atom is 0.332 e. The van der Waals surface area contributed by atoms with Crippen molar-refractivity contribution >= 4 is 11.2 Å². The number of fused-ring (bicyclic) bond motifs is 1. The number of hydrogen-bond donors (Lipinski definition) is 1. The van der Waals surface area contributed by atoms with E-state index in [9.17, 15) is 9.59 Å². The normalized spacial score (nSPS) is 11.2. The van der Waals surface area contributed by atoms with Crippen LogP contribution in [0.25, 0.3) is 11.2 Å². The summed E-state index contributed by atoms with van der Waals surface area (Å²) in [7, 11) is 4.77. The van der Waals surface area contributed by atoms with Crippen molar-refractivity contribution in [2.75, 3.05) is 0 Å². The lowest BCUT2D eigenvalue weighted by Crippen LogP contribution is -2.37. The van der Waals surface area contributed by atoms with Crippen molar-refractivity contribution in [2.24, 2.45) is 26.9 Å². The quantitative estimate of drug-likeness (QED) is 0.632. The maximum absolute atomic E-state index is 11.8. The van der Waals surface area contributed by atoms with Crippen molar-refractivity contribution in [1.82, 2.24) is 18.7 Å². The molecule has 2 aromatic rings. The van der Waals surface area contributed by atoms with E-state index in [0.717, 1.165) is 4.57 Å². The summed E-state index contributed by atoms with van der Waals surface area (Å²) in [6.07, 6.45) is 0. The first-order valence-electron chi connectivity index (χ1n) is 4.80. The van der Waals surface area contributed by atoms with Crippen LogP contribution in [0.5, 0.6) is 0 Å². The van der Waals surface area contributed by atoms with E-state index in [1.165, 1.54) is 11.6 Å². The van der Waals surface area contributed by atoms with Crippen LogP contribution in [0.15, 0.2) is 9.59 Å². The molecule has 0 unspecified atom stereocenters. The summed E-state index contributed by atoms with van der Waals surface area (Å²) in [6, 6.07) is 0. The summed E-state index contributed by atoms with van der Waals surface area (Å²) in [5.41, 5.74) is 5.51. The van der Waals surface area contributed by atoms with Crippen molar-refractivity contribution in [3.63, 3.8) is 0 Å². The predicted octanol–water partition coefficient (Wildman–Crippen LogP) is -1.57. The van der Waals surface area contributed by atoms with E-state index in [2.05, 4.69) is 4.98 Å². The molecule has 86 valence electrons. The molecule has 0 atom stereocenters. The molecule has 0 saturated carbocycles. The zero-order valence-electron chi connectivity index (χ0n) is 9.39. The van der Waals surface area contributed by atoms with Crippen molar-refractivity contribution < 1.29 is 0 Å². The topological polar surface area (TPSA) is 87.8 Å². The van der Waals surface area contributed by atoms with Crippen LogP contribution in [-0.2, 0) is 27.7 Å². The Morgan fingerprint density at radius 1 is 1.12 bits per heavy atom.